The van der Waals surface area contributed by atoms with E-state index in [9.17, 15) is 13.2 Å². The van der Waals surface area contributed by atoms with Crippen molar-refractivity contribution in [2.45, 2.75) is 40.0 Å². The summed E-state index contributed by atoms with van der Waals surface area (Å²) in [5, 5.41) is 0. The van der Waals surface area contributed by atoms with E-state index in [4.69, 9.17) is 10.5 Å². The van der Waals surface area contributed by atoms with Crippen molar-refractivity contribution >= 4 is 5.69 Å². The Morgan fingerprint density at radius 1 is 1.16 bits per heavy atom. The zero-order chi connectivity index (χ0) is 14.7. The smallest absolute Gasteiger partial charge is 0.399 e. The van der Waals surface area contributed by atoms with Crippen molar-refractivity contribution in [2.75, 3.05) is 12.3 Å². The number of nitrogen functional groups attached to an aromatic ring is 1. The number of rotatable bonds is 4. The number of benzene rings is 1. The van der Waals surface area contributed by atoms with Gasteiger partial charge in [0.2, 0.25) is 0 Å². The molecule has 2 nitrogen and oxygen atoms in total. The van der Waals surface area contributed by atoms with E-state index in [-0.39, 0.29) is 23.3 Å². The third kappa shape index (κ3) is 5.51. The lowest BCUT2D eigenvalue weighted by molar-refractivity contribution is -0.138. The van der Waals surface area contributed by atoms with Crippen LogP contribution in [-0.2, 0) is 17.5 Å². The van der Waals surface area contributed by atoms with Crippen LogP contribution < -0.4 is 5.73 Å². The van der Waals surface area contributed by atoms with Crippen LogP contribution in [0.4, 0.5) is 18.9 Å². The number of alkyl halides is 3. The fraction of sp³-hybridized carbons (Fsp3) is 0.571. The number of ether oxygens (including phenoxy) is 1. The molecule has 0 aliphatic carbocycles. The monoisotopic (exact) mass is 275 g/mol. The number of halogens is 3. The molecule has 0 aliphatic rings. The third-order valence-corrected chi connectivity index (χ3v) is 2.69. The maximum absolute atomic E-state index is 12.8. The van der Waals surface area contributed by atoms with Gasteiger partial charge in [0.1, 0.15) is 0 Å². The molecule has 0 aliphatic heterocycles. The average molecular weight is 275 g/mol. The molecule has 2 N–H and O–H groups in total. The van der Waals surface area contributed by atoms with Crippen molar-refractivity contribution < 1.29 is 17.9 Å². The molecule has 0 saturated heterocycles. The van der Waals surface area contributed by atoms with Crippen LogP contribution in [0.3, 0.4) is 0 Å². The summed E-state index contributed by atoms with van der Waals surface area (Å²) in [6.07, 6.45) is -3.61. The van der Waals surface area contributed by atoms with Crippen LogP contribution in [0.2, 0.25) is 0 Å². The van der Waals surface area contributed by atoms with Gasteiger partial charge in [-0.15, -0.1) is 0 Å². The Kier molecular flexibility index (Phi) is 4.85. The summed E-state index contributed by atoms with van der Waals surface area (Å²) < 4.78 is 43.8. The van der Waals surface area contributed by atoms with Crippen LogP contribution in [0, 0.1) is 5.41 Å². The molecule has 0 atom stereocenters. The Labute approximate surface area is 111 Å². The Morgan fingerprint density at radius 3 is 2.32 bits per heavy atom. The molecule has 1 aromatic rings. The highest BCUT2D eigenvalue weighted by Crippen LogP contribution is 2.33. The summed E-state index contributed by atoms with van der Waals surface area (Å²) >= 11 is 0. The van der Waals surface area contributed by atoms with Gasteiger partial charge in [-0.3, -0.25) is 0 Å². The fourth-order valence-corrected chi connectivity index (χ4v) is 1.54. The van der Waals surface area contributed by atoms with E-state index < -0.39 is 11.7 Å². The van der Waals surface area contributed by atoms with Crippen molar-refractivity contribution in [3.8, 4) is 0 Å². The maximum atomic E-state index is 12.8. The summed E-state index contributed by atoms with van der Waals surface area (Å²) in [6.45, 7) is 6.55. The second kappa shape index (κ2) is 5.82. The predicted octanol–water partition coefficient (Wildman–Crippen LogP) is 4.24. The molecule has 108 valence electrons. The minimum absolute atomic E-state index is 0.0504. The summed E-state index contributed by atoms with van der Waals surface area (Å²) in [5.41, 5.74) is 5.00. The van der Waals surface area contributed by atoms with Crippen molar-refractivity contribution in [1.82, 2.24) is 0 Å². The van der Waals surface area contributed by atoms with Crippen LogP contribution >= 0.6 is 0 Å². The molecular formula is C14H20F3NO. The molecule has 0 aromatic heterocycles. The molecule has 19 heavy (non-hydrogen) atoms. The Hall–Kier alpha value is -1.23. The first kappa shape index (κ1) is 15.8. The first-order valence-electron chi connectivity index (χ1n) is 6.13. The highest BCUT2D eigenvalue weighted by molar-refractivity contribution is 5.45. The summed E-state index contributed by atoms with van der Waals surface area (Å²) in [6, 6.07) is 3.77. The van der Waals surface area contributed by atoms with Gasteiger partial charge >= 0.3 is 6.18 Å². The number of hydrogen-bond acceptors (Lipinski definition) is 2. The largest absolute Gasteiger partial charge is 0.416 e. The topological polar surface area (TPSA) is 35.2 Å². The molecule has 0 fully saturated rings. The van der Waals surface area contributed by atoms with Crippen molar-refractivity contribution in [1.29, 1.82) is 0 Å². The van der Waals surface area contributed by atoms with E-state index in [2.05, 4.69) is 20.8 Å². The van der Waals surface area contributed by atoms with E-state index in [1.165, 1.54) is 12.1 Å². The van der Waals surface area contributed by atoms with E-state index in [1.54, 1.807) is 0 Å². The molecule has 0 amide bonds. The van der Waals surface area contributed by atoms with Crippen molar-refractivity contribution in [2.24, 2.45) is 5.41 Å². The van der Waals surface area contributed by atoms with Crippen LogP contribution in [0.1, 0.15) is 38.3 Å². The SMILES string of the molecule is CC(C)(C)CCOCc1ccc(N)cc1C(F)(F)F. The lowest BCUT2D eigenvalue weighted by Gasteiger charge is -2.18. The zero-order valence-corrected chi connectivity index (χ0v) is 11.5. The van der Waals surface area contributed by atoms with Gasteiger partial charge in [0.15, 0.2) is 0 Å². The Balaban J connectivity index is 2.68. The molecule has 0 saturated carbocycles. The van der Waals surface area contributed by atoms with E-state index in [0.29, 0.717) is 6.61 Å². The van der Waals surface area contributed by atoms with Crippen molar-refractivity contribution in [3.05, 3.63) is 29.3 Å². The van der Waals surface area contributed by atoms with Crippen LogP contribution in [-0.4, -0.2) is 6.61 Å². The van der Waals surface area contributed by atoms with Gasteiger partial charge in [-0.2, -0.15) is 13.2 Å². The van der Waals surface area contributed by atoms with Crippen molar-refractivity contribution in [3.63, 3.8) is 0 Å². The molecular weight excluding hydrogens is 255 g/mol. The molecule has 5 heteroatoms. The minimum Gasteiger partial charge on any atom is -0.399 e. The van der Waals surface area contributed by atoms with Gasteiger partial charge in [-0.05, 0) is 29.5 Å². The standard InChI is InChI=1S/C14H20F3NO/c1-13(2,3)6-7-19-9-10-4-5-11(18)8-12(10)14(15,16)17/h4-5,8H,6-7,9,18H2,1-3H3. The molecule has 0 radical (unpaired) electrons. The average Bonchev–Trinajstić information content (AvgIpc) is 2.23. The van der Waals surface area contributed by atoms with Gasteiger partial charge in [-0.1, -0.05) is 26.8 Å². The van der Waals surface area contributed by atoms with Crippen LogP contribution in [0.25, 0.3) is 0 Å². The quantitative estimate of drug-likeness (QED) is 0.659. The zero-order valence-electron chi connectivity index (χ0n) is 11.5. The van der Waals surface area contributed by atoms with E-state index in [1.807, 2.05) is 0 Å². The highest BCUT2D eigenvalue weighted by Gasteiger charge is 2.33. The first-order chi connectivity index (χ1) is 8.59. The van der Waals surface area contributed by atoms with E-state index >= 15 is 0 Å². The third-order valence-electron chi connectivity index (χ3n) is 2.69. The normalized spacial score (nSPS) is 12.7. The Bertz CT molecular complexity index is 422. The lowest BCUT2D eigenvalue weighted by atomic mass is 9.93. The summed E-state index contributed by atoms with van der Waals surface area (Å²) in [7, 11) is 0. The second-order valence-electron chi connectivity index (χ2n) is 5.78. The van der Waals surface area contributed by atoms with Gasteiger partial charge in [-0.25, -0.2) is 0 Å². The number of hydrogen-bond donors (Lipinski definition) is 1. The fourth-order valence-electron chi connectivity index (χ4n) is 1.54. The van der Waals surface area contributed by atoms with E-state index in [0.717, 1.165) is 12.5 Å². The molecule has 0 unspecified atom stereocenters. The molecule has 1 aromatic carbocycles. The molecule has 0 spiro atoms. The molecule has 0 bridgehead atoms. The van der Waals surface area contributed by atoms with Gasteiger partial charge in [0.25, 0.3) is 0 Å². The van der Waals surface area contributed by atoms with Gasteiger partial charge in [0, 0.05) is 12.3 Å². The number of nitrogens with two attached hydrogens (primary N) is 1. The van der Waals surface area contributed by atoms with Gasteiger partial charge < -0.3 is 10.5 Å². The van der Waals surface area contributed by atoms with Crippen LogP contribution in [0.5, 0.6) is 0 Å². The second-order valence-corrected chi connectivity index (χ2v) is 5.78. The molecule has 1 rings (SSSR count). The highest BCUT2D eigenvalue weighted by atomic mass is 19.4. The Morgan fingerprint density at radius 2 is 1.79 bits per heavy atom. The lowest BCUT2D eigenvalue weighted by Crippen LogP contribution is -2.13. The number of anilines is 1. The van der Waals surface area contributed by atoms with Gasteiger partial charge in [0.05, 0.1) is 12.2 Å². The molecule has 0 heterocycles. The predicted molar refractivity (Wildman–Crippen MR) is 69.6 cm³/mol. The minimum atomic E-state index is -4.40. The first-order valence-corrected chi connectivity index (χ1v) is 6.13. The summed E-state index contributed by atoms with van der Waals surface area (Å²) in [4.78, 5) is 0. The van der Waals surface area contributed by atoms with Crippen LogP contribution in [0.15, 0.2) is 18.2 Å². The maximum Gasteiger partial charge on any atom is 0.416 e. The summed E-state index contributed by atoms with van der Waals surface area (Å²) in [5.74, 6) is 0.